The molecule has 0 fully saturated rings. The molecule has 9 rings (SSSR count). The van der Waals surface area contributed by atoms with Gasteiger partial charge in [0.25, 0.3) is 0 Å². The molecule has 1 heteroatoms. The Morgan fingerprint density at radius 1 is 0.411 bits per heavy atom. The van der Waals surface area contributed by atoms with Crippen LogP contribution in [0.2, 0.25) is 0 Å². The van der Waals surface area contributed by atoms with Crippen LogP contribution in [-0.2, 0) is 39.9 Å². The molecule has 5 aromatic carbocycles. The van der Waals surface area contributed by atoms with Crippen LogP contribution in [0.4, 0.5) is 17.1 Å². The third-order valence-electron chi connectivity index (χ3n) is 15.4. The summed E-state index contributed by atoms with van der Waals surface area (Å²) in [6, 6.07) is 32.0. The molecule has 0 atom stereocenters. The Morgan fingerprint density at radius 3 is 1.46 bits per heavy atom. The maximum Gasteiger partial charge on any atom is 0.0543 e. The smallest absolute Gasteiger partial charge is 0.0543 e. The minimum Gasteiger partial charge on any atom is -0.309 e. The van der Waals surface area contributed by atoms with Gasteiger partial charge in [-0.15, -0.1) is 0 Å². The van der Waals surface area contributed by atoms with Crippen molar-refractivity contribution in [2.75, 3.05) is 4.90 Å². The highest BCUT2D eigenvalue weighted by Crippen LogP contribution is 2.57. The summed E-state index contributed by atoms with van der Waals surface area (Å²) in [4.78, 5) is 2.75. The number of fused-ring (bicyclic) bond motifs is 6. The Balaban J connectivity index is 1.42. The van der Waals surface area contributed by atoms with E-state index >= 15 is 0 Å². The van der Waals surface area contributed by atoms with Crippen molar-refractivity contribution in [3.05, 3.63) is 134 Å². The van der Waals surface area contributed by atoms with E-state index in [-0.39, 0.29) is 27.1 Å². The van der Waals surface area contributed by atoms with Gasteiger partial charge in [0.1, 0.15) is 0 Å². The van der Waals surface area contributed by atoms with Crippen molar-refractivity contribution < 1.29 is 0 Å². The van der Waals surface area contributed by atoms with Crippen LogP contribution in [0.1, 0.15) is 163 Å². The number of nitrogens with zero attached hydrogens (tertiary/aromatic N) is 1. The molecule has 0 spiro atoms. The van der Waals surface area contributed by atoms with Crippen molar-refractivity contribution in [1.82, 2.24) is 0 Å². The molecule has 0 heterocycles. The van der Waals surface area contributed by atoms with Gasteiger partial charge in [0.15, 0.2) is 0 Å². The summed E-state index contributed by atoms with van der Waals surface area (Å²) < 4.78 is 0. The Bertz CT molecular complexity index is 2340. The van der Waals surface area contributed by atoms with Gasteiger partial charge in [-0.3, -0.25) is 0 Å². The van der Waals surface area contributed by atoms with Gasteiger partial charge in [-0.05, 0) is 183 Å². The van der Waals surface area contributed by atoms with Gasteiger partial charge < -0.3 is 4.90 Å². The molecule has 5 aromatic rings. The first-order chi connectivity index (χ1) is 26.3. The van der Waals surface area contributed by atoms with Gasteiger partial charge in [-0.1, -0.05) is 124 Å². The molecule has 290 valence electrons. The molecule has 0 aliphatic heterocycles. The van der Waals surface area contributed by atoms with Crippen LogP contribution in [0.3, 0.4) is 0 Å². The standard InChI is InChI=1S/C55H65N/c1-34-28-44-46(53(7,8)26-24-51(44,3)4)32-48(34)56(49-33-47-45(29-35(49)2)52(5,6)25-27-54(47,9)10)50-31-43-40(39-21-15-16-23-42(39)55(43,11)12)30-41(50)38-22-17-19-36-18-13-14-20-37(36)38/h15-17,19,21-23,28-33H,13-14,18,20,24-27H2,1-12H3. The average molecular weight is 740 g/mol. The summed E-state index contributed by atoms with van der Waals surface area (Å²) in [7, 11) is 0. The van der Waals surface area contributed by atoms with E-state index in [1.165, 1.54) is 134 Å². The minimum atomic E-state index is -0.116. The van der Waals surface area contributed by atoms with Gasteiger partial charge in [0.05, 0.1) is 5.69 Å². The maximum absolute atomic E-state index is 2.75. The number of anilines is 3. The first-order valence-corrected chi connectivity index (χ1v) is 21.8. The monoisotopic (exact) mass is 740 g/mol. The molecule has 0 unspecified atom stereocenters. The van der Waals surface area contributed by atoms with E-state index in [1.807, 2.05) is 0 Å². The van der Waals surface area contributed by atoms with Crippen molar-refractivity contribution in [3.8, 4) is 22.3 Å². The van der Waals surface area contributed by atoms with E-state index in [2.05, 4.69) is 167 Å². The second-order valence-electron chi connectivity index (χ2n) is 21.5. The van der Waals surface area contributed by atoms with Gasteiger partial charge in [-0.2, -0.15) is 0 Å². The van der Waals surface area contributed by atoms with Gasteiger partial charge >= 0.3 is 0 Å². The Kier molecular flexibility index (Phi) is 8.33. The molecule has 4 aliphatic carbocycles. The van der Waals surface area contributed by atoms with E-state index in [0.717, 1.165) is 6.42 Å². The molecular weight excluding hydrogens is 675 g/mol. The molecule has 0 saturated heterocycles. The molecule has 1 nitrogen and oxygen atoms in total. The molecule has 0 aromatic heterocycles. The largest absolute Gasteiger partial charge is 0.309 e. The van der Waals surface area contributed by atoms with Crippen molar-refractivity contribution in [3.63, 3.8) is 0 Å². The summed E-state index contributed by atoms with van der Waals surface area (Å²) in [6.07, 6.45) is 9.68. The number of hydrogen-bond acceptors (Lipinski definition) is 1. The number of aryl methyl sites for hydroxylation is 3. The molecule has 56 heavy (non-hydrogen) atoms. The van der Waals surface area contributed by atoms with Crippen LogP contribution in [0.15, 0.2) is 78.9 Å². The summed E-state index contributed by atoms with van der Waals surface area (Å²) in [5, 5.41) is 0. The van der Waals surface area contributed by atoms with E-state index in [4.69, 9.17) is 0 Å². The predicted molar refractivity (Wildman–Crippen MR) is 241 cm³/mol. The molecule has 0 radical (unpaired) electrons. The maximum atomic E-state index is 2.75. The second-order valence-corrected chi connectivity index (χ2v) is 21.5. The third kappa shape index (κ3) is 5.61. The SMILES string of the molecule is Cc1cc2c(cc1N(c1cc3c(cc1C)C(C)(C)CCC3(C)C)c1cc3c(cc1-c1cccc4c1CCCC4)-c1ccccc1C3(C)C)C(C)(C)CCC2(C)C. The highest BCUT2D eigenvalue weighted by molar-refractivity contribution is 5.96. The topological polar surface area (TPSA) is 3.24 Å². The zero-order valence-electron chi connectivity index (χ0n) is 36.6. The molecule has 0 saturated carbocycles. The van der Waals surface area contributed by atoms with Crippen LogP contribution >= 0.6 is 0 Å². The van der Waals surface area contributed by atoms with Crippen LogP contribution < -0.4 is 4.90 Å². The molecule has 0 bridgehead atoms. The second kappa shape index (κ2) is 12.4. The lowest BCUT2D eigenvalue weighted by Gasteiger charge is -2.44. The number of benzene rings is 5. The fraction of sp³-hybridized carbons (Fsp3) is 0.455. The van der Waals surface area contributed by atoms with E-state index in [9.17, 15) is 0 Å². The predicted octanol–water partition coefficient (Wildman–Crippen LogP) is 15.3. The average Bonchev–Trinajstić information content (AvgIpc) is 3.38. The van der Waals surface area contributed by atoms with E-state index in [1.54, 1.807) is 5.56 Å². The van der Waals surface area contributed by atoms with Crippen molar-refractivity contribution in [2.24, 2.45) is 0 Å². The Morgan fingerprint density at radius 2 is 0.893 bits per heavy atom. The zero-order valence-corrected chi connectivity index (χ0v) is 36.6. The molecule has 0 amide bonds. The van der Waals surface area contributed by atoms with Crippen LogP contribution in [0, 0.1) is 13.8 Å². The zero-order chi connectivity index (χ0) is 39.7. The highest BCUT2D eigenvalue weighted by atomic mass is 15.2. The number of hydrogen-bond donors (Lipinski definition) is 0. The normalized spacial score (nSPS) is 20.3. The molecule has 4 aliphatic rings. The summed E-state index contributed by atoms with van der Waals surface area (Å²) in [6.45, 7) is 29.4. The fourth-order valence-corrected chi connectivity index (χ4v) is 11.5. The third-order valence-corrected chi connectivity index (χ3v) is 15.4. The Hall–Kier alpha value is -4.10. The lowest BCUT2D eigenvalue weighted by Crippen LogP contribution is -2.35. The summed E-state index contributed by atoms with van der Waals surface area (Å²) in [5.74, 6) is 0. The van der Waals surface area contributed by atoms with Crippen LogP contribution in [0.5, 0.6) is 0 Å². The minimum absolute atomic E-state index is 0.0960. The van der Waals surface area contributed by atoms with Crippen LogP contribution in [0.25, 0.3) is 22.3 Å². The van der Waals surface area contributed by atoms with Crippen molar-refractivity contribution in [2.45, 2.75) is 162 Å². The fourth-order valence-electron chi connectivity index (χ4n) is 11.5. The van der Waals surface area contributed by atoms with E-state index in [0.29, 0.717) is 0 Å². The lowest BCUT2D eigenvalue weighted by molar-refractivity contribution is 0.331. The first-order valence-electron chi connectivity index (χ1n) is 21.8. The van der Waals surface area contributed by atoms with Crippen LogP contribution in [-0.4, -0.2) is 0 Å². The molecule has 0 N–H and O–H groups in total. The molecular formula is C55H65N. The highest BCUT2D eigenvalue weighted by Gasteiger charge is 2.42. The van der Waals surface area contributed by atoms with Crippen molar-refractivity contribution >= 4 is 17.1 Å². The summed E-state index contributed by atoms with van der Waals surface area (Å²) in [5.41, 5.74) is 24.7. The van der Waals surface area contributed by atoms with Gasteiger partial charge in [0.2, 0.25) is 0 Å². The van der Waals surface area contributed by atoms with Gasteiger partial charge in [-0.25, -0.2) is 0 Å². The van der Waals surface area contributed by atoms with Gasteiger partial charge in [0, 0.05) is 22.4 Å². The first kappa shape index (κ1) is 37.5. The quantitative estimate of drug-likeness (QED) is 0.177. The number of rotatable bonds is 4. The lowest BCUT2D eigenvalue weighted by atomic mass is 9.62. The van der Waals surface area contributed by atoms with E-state index < -0.39 is 0 Å². The van der Waals surface area contributed by atoms with Crippen molar-refractivity contribution in [1.29, 1.82) is 0 Å². The summed E-state index contributed by atoms with van der Waals surface area (Å²) >= 11 is 0. The Labute approximate surface area is 339 Å².